The molecule has 0 unspecified atom stereocenters. The molecule has 38 heavy (non-hydrogen) atoms. The Bertz CT molecular complexity index is 1710. The molecule has 188 valence electrons. The molecule has 1 aliphatic rings. The fourth-order valence-electron chi connectivity index (χ4n) is 5.48. The van der Waals surface area contributed by atoms with Gasteiger partial charge in [-0.3, -0.25) is 15.1 Å². The maximum Gasteiger partial charge on any atom is 0.161 e. The molecule has 8 nitrogen and oxygen atoms in total. The van der Waals surface area contributed by atoms with Gasteiger partial charge in [-0.15, -0.1) is 0 Å². The minimum Gasteiger partial charge on any atom is -0.336 e. The number of rotatable bonds is 7. The Kier molecular flexibility index (Phi) is 5.86. The summed E-state index contributed by atoms with van der Waals surface area (Å²) in [6, 6.07) is 16.3. The van der Waals surface area contributed by atoms with Crippen molar-refractivity contribution in [2.75, 3.05) is 6.54 Å². The number of benzene rings is 1. The normalized spacial score (nSPS) is 14.1. The van der Waals surface area contributed by atoms with Gasteiger partial charge in [0.15, 0.2) is 11.5 Å². The molecule has 1 aliphatic carbocycles. The van der Waals surface area contributed by atoms with E-state index in [9.17, 15) is 0 Å². The molecular weight excluding hydrogens is 472 g/mol. The summed E-state index contributed by atoms with van der Waals surface area (Å²) in [6.45, 7) is 1.89. The standard InChI is InChI=1S/C30H28N8/c1-2-6-19(5-1)14-32-15-20-13-22(18-33-16-20)24-10-11-26-28(34-24)29(38-37-26)30-35-25-9-3-8-23(27(25)36-30)21-7-4-12-31-17-21/h3-4,7-13,16-19,32H,1-2,5-6,14-15H2,(H,35,36)(H,37,38). The van der Waals surface area contributed by atoms with Crippen LogP contribution in [-0.2, 0) is 6.54 Å². The van der Waals surface area contributed by atoms with Crippen molar-refractivity contribution in [2.45, 2.75) is 32.2 Å². The van der Waals surface area contributed by atoms with Crippen molar-refractivity contribution < 1.29 is 0 Å². The Hall–Kier alpha value is -4.43. The number of nitrogens with one attached hydrogen (secondary N) is 3. The second-order valence-corrected chi connectivity index (χ2v) is 10.1. The lowest BCUT2D eigenvalue weighted by molar-refractivity contribution is 0.489. The van der Waals surface area contributed by atoms with Crippen LogP contribution >= 0.6 is 0 Å². The number of H-pyrrole nitrogens is 2. The number of aromatic amines is 2. The van der Waals surface area contributed by atoms with Crippen LogP contribution < -0.4 is 5.32 Å². The van der Waals surface area contributed by atoms with Crippen LogP contribution in [0, 0.1) is 5.92 Å². The number of hydrogen-bond acceptors (Lipinski definition) is 6. The lowest BCUT2D eigenvalue weighted by Crippen LogP contribution is -2.20. The number of pyridine rings is 3. The summed E-state index contributed by atoms with van der Waals surface area (Å²) in [5.41, 5.74) is 9.20. The molecule has 0 saturated heterocycles. The largest absolute Gasteiger partial charge is 0.336 e. The topological polar surface area (TPSA) is 108 Å². The van der Waals surface area contributed by atoms with Crippen LogP contribution in [0.25, 0.3) is 56.0 Å². The van der Waals surface area contributed by atoms with Crippen LogP contribution in [0.2, 0.25) is 0 Å². The summed E-state index contributed by atoms with van der Waals surface area (Å²) >= 11 is 0. The Morgan fingerprint density at radius 3 is 2.66 bits per heavy atom. The van der Waals surface area contributed by atoms with Crippen molar-refractivity contribution in [1.29, 1.82) is 0 Å². The first-order valence-electron chi connectivity index (χ1n) is 13.2. The predicted octanol–water partition coefficient (Wildman–Crippen LogP) is 5.91. The van der Waals surface area contributed by atoms with E-state index in [0.29, 0.717) is 11.5 Å². The second kappa shape index (κ2) is 9.79. The van der Waals surface area contributed by atoms with Crippen molar-refractivity contribution in [3.05, 3.63) is 78.9 Å². The van der Waals surface area contributed by atoms with E-state index in [2.05, 4.69) is 42.6 Å². The number of imidazole rings is 1. The van der Waals surface area contributed by atoms with Crippen molar-refractivity contribution >= 4 is 22.1 Å². The third-order valence-electron chi connectivity index (χ3n) is 7.44. The highest BCUT2D eigenvalue weighted by molar-refractivity contribution is 5.96. The van der Waals surface area contributed by atoms with Gasteiger partial charge in [0, 0.05) is 48.0 Å². The summed E-state index contributed by atoms with van der Waals surface area (Å²) in [7, 11) is 0. The molecule has 1 fully saturated rings. The van der Waals surface area contributed by atoms with Crippen molar-refractivity contribution in [3.63, 3.8) is 0 Å². The molecule has 7 rings (SSSR count). The minimum atomic E-state index is 0.676. The highest BCUT2D eigenvalue weighted by atomic mass is 15.1. The quantitative estimate of drug-likeness (QED) is 0.252. The zero-order valence-corrected chi connectivity index (χ0v) is 21.0. The molecule has 5 aromatic heterocycles. The zero-order valence-electron chi connectivity index (χ0n) is 21.0. The zero-order chi connectivity index (χ0) is 25.3. The molecule has 1 aromatic carbocycles. The fourth-order valence-corrected chi connectivity index (χ4v) is 5.48. The van der Waals surface area contributed by atoms with E-state index in [1.807, 2.05) is 55.0 Å². The van der Waals surface area contributed by atoms with E-state index in [1.165, 1.54) is 25.7 Å². The fraction of sp³-hybridized carbons (Fsp3) is 0.233. The third-order valence-corrected chi connectivity index (χ3v) is 7.44. The summed E-state index contributed by atoms with van der Waals surface area (Å²) < 4.78 is 0. The van der Waals surface area contributed by atoms with Crippen LogP contribution in [0.4, 0.5) is 0 Å². The Morgan fingerprint density at radius 1 is 0.842 bits per heavy atom. The Labute approximate surface area is 220 Å². The molecule has 1 saturated carbocycles. The van der Waals surface area contributed by atoms with Gasteiger partial charge in [0.1, 0.15) is 5.52 Å². The highest BCUT2D eigenvalue weighted by Crippen LogP contribution is 2.31. The second-order valence-electron chi connectivity index (χ2n) is 10.1. The summed E-state index contributed by atoms with van der Waals surface area (Å²) in [5.74, 6) is 1.49. The van der Waals surface area contributed by atoms with E-state index < -0.39 is 0 Å². The van der Waals surface area contributed by atoms with Crippen LogP contribution in [0.15, 0.2) is 73.3 Å². The molecule has 5 heterocycles. The summed E-state index contributed by atoms with van der Waals surface area (Å²) in [6.07, 6.45) is 12.9. The van der Waals surface area contributed by atoms with Crippen LogP contribution in [-0.4, -0.2) is 41.7 Å². The first-order chi connectivity index (χ1) is 18.8. The number of nitrogens with zero attached hydrogens (tertiary/aromatic N) is 5. The number of aromatic nitrogens is 7. The maximum absolute atomic E-state index is 4.99. The van der Waals surface area contributed by atoms with Crippen molar-refractivity contribution in [2.24, 2.45) is 5.92 Å². The molecule has 0 bridgehead atoms. The lowest BCUT2D eigenvalue weighted by atomic mass is 10.1. The molecule has 6 aromatic rings. The van der Waals surface area contributed by atoms with Gasteiger partial charge in [0.05, 0.1) is 22.2 Å². The van der Waals surface area contributed by atoms with Crippen LogP contribution in [0.1, 0.15) is 31.2 Å². The molecule has 0 aliphatic heterocycles. The molecule has 0 atom stereocenters. The van der Waals surface area contributed by atoms with Crippen molar-refractivity contribution in [1.82, 2.24) is 40.4 Å². The van der Waals surface area contributed by atoms with Gasteiger partial charge in [0.25, 0.3) is 0 Å². The lowest BCUT2D eigenvalue weighted by Gasteiger charge is -2.11. The molecule has 8 heteroatoms. The summed E-state index contributed by atoms with van der Waals surface area (Å²) in [5, 5.41) is 11.3. The van der Waals surface area contributed by atoms with E-state index in [-0.39, 0.29) is 0 Å². The highest BCUT2D eigenvalue weighted by Gasteiger charge is 2.17. The Balaban J connectivity index is 1.20. The molecule has 0 spiro atoms. The molecular formula is C30H28N8. The summed E-state index contributed by atoms with van der Waals surface area (Å²) in [4.78, 5) is 22.1. The van der Waals surface area contributed by atoms with Crippen molar-refractivity contribution in [3.8, 4) is 33.9 Å². The van der Waals surface area contributed by atoms with E-state index in [1.54, 1.807) is 6.20 Å². The van der Waals surface area contributed by atoms with Gasteiger partial charge < -0.3 is 10.3 Å². The minimum absolute atomic E-state index is 0.676. The third kappa shape index (κ3) is 4.33. The van der Waals surface area contributed by atoms with Gasteiger partial charge in [-0.25, -0.2) is 9.97 Å². The number of fused-ring (bicyclic) bond motifs is 2. The maximum atomic E-state index is 4.99. The first kappa shape index (κ1) is 22.7. The number of hydrogen-bond donors (Lipinski definition) is 3. The van der Waals surface area contributed by atoms with E-state index in [0.717, 1.165) is 69.0 Å². The van der Waals surface area contributed by atoms with Crippen LogP contribution in [0.3, 0.4) is 0 Å². The average molecular weight is 501 g/mol. The monoisotopic (exact) mass is 500 g/mol. The smallest absolute Gasteiger partial charge is 0.161 e. The van der Waals surface area contributed by atoms with Gasteiger partial charge in [-0.2, -0.15) is 5.10 Å². The SMILES string of the molecule is c1cncc(-c2cccc3[nH]c(-c4n[nH]c5ccc(-c6cncc(CNCC7CCCC7)c6)nc45)nc23)c1. The van der Waals surface area contributed by atoms with Gasteiger partial charge in [0.2, 0.25) is 0 Å². The van der Waals surface area contributed by atoms with Gasteiger partial charge >= 0.3 is 0 Å². The number of para-hydroxylation sites is 1. The molecule has 3 N–H and O–H groups in total. The van der Waals surface area contributed by atoms with E-state index in [4.69, 9.17) is 9.97 Å². The predicted molar refractivity (Wildman–Crippen MR) is 149 cm³/mol. The average Bonchev–Trinajstić information content (AvgIpc) is 3.73. The van der Waals surface area contributed by atoms with Gasteiger partial charge in [-0.1, -0.05) is 31.0 Å². The van der Waals surface area contributed by atoms with Gasteiger partial charge in [-0.05, 0) is 61.2 Å². The molecule has 0 radical (unpaired) electrons. The molecule has 0 amide bonds. The van der Waals surface area contributed by atoms with Crippen LogP contribution in [0.5, 0.6) is 0 Å². The Morgan fingerprint density at radius 2 is 1.76 bits per heavy atom. The first-order valence-corrected chi connectivity index (χ1v) is 13.2. The van der Waals surface area contributed by atoms with E-state index >= 15 is 0 Å².